The molecule has 1 aliphatic rings. The van der Waals surface area contributed by atoms with E-state index in [9.17, 15) is 0 Å². The van der Waals surface area contributed by atoms with Crippen LogP contribution in [0.4, 0.5) is 0 Å². The Balaban J connectivity index is 0.975. The number of hydrogen-bond donors (Lipinski definition) is 0. The van der Waals surface area contributed by atoms with Crippen LogP contribution in [0.3, 0.4) is 0 Å². The smallest absolute Gasteiger partial charge is 0.160 e. The summed E-state index contributed by atoms with van der Waals surface area (Å²) in [5.74, 6) is 0.691. The lowest BCUT2D eigenvalue weighted by molar-refractivity contribution is 0.660. The van der Waals surface area contributed by atoms with E-state index in [1.807, 2.05) is 0 Å². The summed E-state index contributed by atoms with van der Waals surface area (Å²) in [6.07, 6.45) is 0. The van der Waals surface area contributed by atoms with Crippen molar-refractivity contribution in [2.75, 3.05) is 0 Å². The Labute approximate surface area is 367 Å². The van der Waals surface area contributed by atoms with Crippen molar-refractivity contribution >= 4 is 32.3 Å². The van der Waals surface area contributed by atoms with Gasteiger partial charge in [0.25, 0.3) is 0 Å². The van der Waals surface area contributed by atoms with E-state index in [-0.39, 0.29) is 5.41 Å². The summed E-state index contributed by atoms with van der Waals surface area (Å²) in [6, 6.07) is 79.1. The van der Waals surface area contributed by atoms with Crippen LogP contribution in [0.25, 0.3) is 111 Å². The van der Waals surface area contributed by atoms with Gasteiger partial charge in [0.15, 0.2) is 5.82 Å². The van der Waals surface area contributed by atoms with Crippen molar-refractivity contribution in [1.82, 2.24) is 9.97 Å². The highest BCUT2D eigenvalue weighted by Crippen LogP contribution is 2.49. The van der Waals surface area contributed by atoms with Crippen LogP contribution in [-0.4, -0.2) is 9.97 Å². The predicted molar refractivity (Wildman–Crippen MR) is 265 cm³/mol. The van der Waals surface area contributed by atoms with Gasteiger partial charge < -0.3 is 0 Å². The highest BCUT2D eigenvalue weighted by atomic mass is 14.9. The fourth-order valence-electron chi connectivity index (χ4n) is 10.0. The van der Waals surface area contributed by atoms with Gasteiger partial charge in [0.2, 0.25) is 0 Å². The average Bonchev–Trinajstić information content (AvgIpc) is 3.58. The molecule has 2 nitrogen and oxygen atoms in total. The highest BCUT2D eigenvalue weighted by molar-refractivity contribution is 6.20. The van der Waals surface area contributed by atoms with Crippen LogP contribution in [0.1, 0.15) is 25.0 Å². The molecule has 0 fully saturated rings. The van der Waals surface area contributed by atoms with Crippen LogP contribution in [0.2, 0.25) is 0 Å². The molecule has 12 rings (SSSR count). The Hall–Kier alpha value is -7.94. The third-order valence-electron chi connectivity index (χ3n) is 13.3. The van der Waals surface area contributed by atoms with Gasteiger partial charge in [0.05, 0.1) is 11.4 Å². The number of nitrogens with zero attached hydrogens (tertiary/aromatic N) is 2. The van der Waals surface area contributed by atoms with Gasteiger partial charge in [0.1, 0.15) is 0 Å². The molecule has 0 spiro atoms. The molecule has 0 bridgehead atoms. The van der Waals surface area contributed by atoms with Crippen LogP contribution in [0.15, 0.2) is 218 Å². The second kappa shape index (κ2) is 14.6. The normalized spacial score (nSPS) is 12.7. The number of hydrogen-bond acceptors (Lipinski definition) is 2. The molecule has 0 N–H and O–H groups in total. The molecule has 1 heterocycles. The van der Waals surface area contributed by atoms with Gasteiger partial charge in [-0.15, -0.1) is 0 Å². The van der Waals surface area contributed by atoms with Crippen molar-refractivity contribution in [3.8, 4) is 78.4 Å². The maximum atomic E-state index is 5.33. The molecule has 0 atom stereocenters. The number of fused-ring (bicyclic) bond motifs is 7. The Kier molecular flexibility index (Phi) is 8.55. The summed E-state index contributed by atoms with van der Waals surface area (Å²) >= 11 is 0. The molecule has 10 aromatic carbocycles. The second-order valence-electron chi connectivity index (χ2n) is 17.3. The van der Waals surface area contributed by atoms with E-state index in [1.54, 1.807) is 0 Å². The molecule has 2 heteroatoms. The lowest BCUT2D eigenvalue weighted by atomic mass is 9.82. The van der Waals surface area contributed by atoms with Crippen molar-refractivity contribution in [2.45, 2.75) is 19.3 Å². The second-order valence-corrected chi connectivity index (χ2v) is 17.3. The Morgan fingerprint density at radius 2 is 0.873 bits per heavy atom. The molecule has 63 heavy (non-hydrogen) atoms. The lowest BCUT2D eigenvalue weighted by Gasteiger charge is -2.21. The standard InChI is InChI=1S/C61H42N2/c1-61(2)55-22-11-10-21-51(55)54-36-46(32-34-56(54)61)45-17-12-18-48(35-45)58-38-57(42-25-23-40(24-26-42)39-13-4-3-5-14-39)62-60(63-58)44-29-27-43(28-30-44)59-50-20-9-7-16-47(50)37-53-49-19-8-6-15-41(49)31-33-52(53)59/h3-38H,1-2H3. The van der Waals surface area contributed by atoms with E-state index >= 15 is 0 Å². The SMILES string of the molecule is CC1(C)c2ccccc2-c2cc(-c3cccc(-c4cc(-c5ccc(-c6ccccc6)cc5)nc(-c5ccc(-c6c7ccccc7cc7c6ccc6ccccc67)cc5)n4)c3)ccc21. The monoisotopic (exact) mass is 802 g/mol. The maximum Gasteiger partial charge on any atom is 0.160 e. The van der Waals surface area contributed by atoms with Crippen molar-refractivity contribution in [3.63, 3.8) is 0 Å². The third-order valence-corrected chi connectivity index (χ3v) is 13.3. The summed E-state index contributed by atoms with van der Waals surface area (Å²) in [7, 11) is 0. The van der Waals surface area contributed by atoms with E-state index in [2.05, 4.69) is 232 Å². The van der Waals surface area contributed by atoms with Crippen molar-refractivity contribution in [2.24, 2.45) is 0 Å². The zero-order chi connectivity index (χ0) is 42.1. The summed E-state index contributed by atoms with van der Waals surface area (Å²) in [5, 5.41) is 7.50. The van der Waals surface area contributed by atoms with Gasteiger partial charge in [-0.25, -0.2) is 9.97 Å². The van der Waals surface area contributed by atoms with E-state index in [1.165, 1.54) is 76.8 Å². The van der Waals surface area contributed by atoms with Gasteiger partial charge in [-0.3, -0.25) is 0 Å². The Bertz CT molecular complexity index is 3560. The molecular formula is C61H42N2. The first-order valence-electron chi connectivity index (χ1n) is 21.8. The van der Waals surface area contributed by atoms with E-state index in [0.717, 1.165) is 39.2 Å². The van der Waals surface area contributed by atoms with Gasteiger partial charge in [-0.2, -0.15) is 0 Å². The summed E-state index contributed by atoms with van der Waals surface area (Å²) in [6.45, 7) is 4.66. The molecular weight excluding hydrogens is 761 g/mol. The molecule has 0 amide bonds. The first-order chi connectivity index (χ1) is 31.0. The average molecular weight is 803 g/mol. The van der Waals surface area contributed by atoms with Gasteiger partial charge in [0, 0.05) is 22.1 Å². The maximum absolute atomic E-state index is 5.33. The molecule has 11 aromatic rings. The third kappa shape index (κ3) is 6.25. The Morgan fingerprint density at radius 1 is 0.302 bits per heavy atom. The van der Waals surface area contributed by atoms with Crippen molar-refractivity contribution in [3.05, 3.63) is 230 Å². The minimum atomic E-state index is -0.0326. The molecule has 0 radical (unpaired) electrons. The quantitative estimate of drug-likeness (QED) is 0.124. The molecule has 0 saturated heterocycles. The highest BCUT2D eigenvalue weighted by Gasteiger charge is 2.35. The fourth-order valence-corrected chi connectivity index (χ4v) is 10.0. The summed E-state index contributed by atoms with van der Waals surface area (Å²) in [5.41, 5.74) is 17.3. The minimum absolute atomic E-state index is 0.0326. The zero-order valence-corrected chi connectivity index (χ0v) is 35.2. The molecule has 0 unspecified atom stereocenters. The van der Waals surface area contributed by atoms with Crippen LogP contribution >= 0.6 is 0 Å². The summed E-state index contributed by atoms with van der Waals surface area (Å²) in [4.78, 5) is 10.6. The van der Waals surface area contributed by atoms with Gasteiger partial charge >= 0.3 is 0 Å². The zero-order valence-electron chi connectivity index (χ0n) is 35.2. The topological polar surface area (TPSA) is 25.8 Å². The van der Waals surface area contributed by atoms with Crippen LogP contribution in [0.5, 0.6) is 0 Å². The van der Waals surface area contributed by atoms with E-state index in [0.29, 0.717) is 5.82 Å². The van der Waals surface area contributed by atoms with Gasteiger partial charge in [-0.05, 0) is 112 Å². The Morgan fingerprint density at radius 3 is 1.70 bits per heavy atom. The fraction of sp³-hybridized carbons (Fsp3) is 0.0492. The lowest BCUT2D eigenvalue weighted by Crippen LogP contribution is -2.14. The van der Waals surface area contributed by atoms with Crippen LogP contribution < -0.4 is 0 Å². The van der Waals surface area contributed by atoms with E-state index < -0.39 is 0 Å². The number of rotatable bonds is 6. The van der Waals surface area contributed by atoms with Crippen molar-refractivity contribution < 1.29 is 0 Å². The number of aromatic nitrogens is 2. The molecule has 0 aliphatic heterocycles. The number of benzene rings is 10. The first-order valence-corrected chi connectivity index (χ1v) is 21.8. The van der Waals surface area contributed by atoms with E-state index in [4.69, 9.17) is 9.97 Å². The van der Waals surface area contributed by atoms with Crippen LogP contribution in [-0.2, 0) is 5.41 Å². The molecule has 296 valence electrons. The van der Waals surface area contributed by atoms with Crippen molar-refractivity contribution in [1.29, 1.82) is 0 Å². The molecule has 1 aliphatic carbocycles. The molecule has 1 aromatic heterocycles. The largest absolute Gasteiger partial charge is 0.228 e. The minimum Gasteiger partial charge on any atom is -0.228 e. The predicted octanol–water partition coefficient (Wildman–Crippen LogP) is 16.2. The van der Waals surface area contributed by atoms with Crippen LogP contribution in [0, 0.1) is 0 Å². The first kappa shape index (κ1) is 36.9. The summed E-state index contributed by atoms with van der Waals surface area (Å²) < 4.78 is 0. The molecule has 0 saturated carbocycles. The van der Waals surface area contributed by atoms with Gasteiger partial charge in [-0.1, -0.05) is 208 Å².